The summed E-state index contributed by atoms with van der Waals surface area (Å²) in [7, 11) is 0. The number of anilines is 1. The Hall–Kier alpha value is -1.34. The Morgan fingerprint density at radius 2 is 2.21 bits per heavy atom. The van der Waals surface area contributed by atoms with Gasteiger partial charge >= 0.3 is 0 Å². The van der Waals surface area contributed by atoms with E-state index in [9.17, 15) is 4.79 Å². The Kier molecular flexibility index (Phi) is 4.60. The maximum Gasteiger partial charge on any atom is 0.234 e. The van der Waals surface area contributed by atoms with Crippen LogP contribution in [0.3, 0.4) is 0 Å². The van der Waals surface area contributed by atoms with Crippen molar-refractivity contribution in [2.75, 3.05) is 11.1 Å². The highest BCUT2D eigenvalue weighted by molar-refractivity contribution is 9.10. The number of thioether (sulfide) groups is 1. The highest BCUT2D eigenvalue weighted by Crippen LogP contribution is 2.26. The lowest BCUT2D eigenvalue weighted by Crippen LogP contribution is -2.15. The zero-order chi connectivity index (χ0) is 13.8. The van der Waals surface area contributed by atoms with Gasteiger partial charge in [0.2, 0.25) is 5.91 Å². The lowest BCUT2D eigenvalue weighted by molar-refractivity contribution is -0.113. The number of nitrogens with one attached hydrogen (secondary N) is 2. The SMILES string of the molecule is Cc1c(Br)ccc(NC(=O)CSc2ncn[nH]2)c1C. The van der Waals surface area contributed by atoms with Gasteiger partial charge < -0.3 is 5.32 Å². The van der Waals surface area contributed by atoms with E-state index in [4.69, 9.17) is 0 Å². The molecule has 0 bridgehead atoms. The fourth-order valence-electron chi connectivity index (χ4n) is 1.51. The molecule has 0 aliphatic carbocycles. The van der Waals surface area contributed by atoms with Crippen LogP contribution in [-0.2, 0) is 4.79 Å². The summed E-state index contributed by atoms with van der Waals surface area (Å²) in [5, 5.41) is 9.96. The van der Waals surface area contributed by atoms with Crippen LogP contribution >= 0.6 is 27.7 Å². The van der Waals surface area contributed by atoms with Gasteiger partial charge in [0.05, 0.1) is 5.75 Å². The molecule has 0 radical (unpaired) electrons. The number of rotatable bonds is 4. The lowest BCUT2D eigenvalue weighted by Gasteiger charge is -2.11. The second-order valence-electron chi connectivity index (χ2n) is 3.97. The molecule has 0 saturated carbocycles. The van der Waals surface area contributed by atoms with E-state index in [0.29, 0.717) is 10.9 Å². The summed E-state index contributed by atoms with van der Waals surface area (Å²) in [6, 6.07) is 3.82. The topological polar surface area (TPSA) is 70.7 Å². The molecule has 1 aromatic heterocycles. The summed E-state index contributed by atoms with van der Waals surface area (Å²) >= 11 is 4.78. The number of carbonyl (C=O) groups excluding carboxylic acids is 1. The molecular formula is C12H13BrN4OS. The minimum atomic E-state index is -0.0637. The number of benzene rings is 1. The number of hydrogen-bond acceptors (Lipinski definition) is 4. The zero-order valence-electron chi connectivity index (χ0n) is 10.5. The molecule has 19 heavy (non-hydrogen) atoms. The molecule has 7 heteroatoms. The monoisotopic (exact) mass is 340 g/mol. The number of aromatic amines is 1. The van der Waals surface area contributed by atoms with Crippen molar-refractivity contribution in [2.45, 2.75) is 19.0 Å². The standard InChI is InChI=1S/C12H13BrN4OS/c1-7-8(2)10(4-3-9(7)13)16-11(18)5-19-12-14-6-15-17-12/h3-4,6H,5H2,1-2H3,(H,16,18)(H,14,15,17). The molecule has 2 N–H and O–H groups in total. The van der Waals surface area contributed by atoms with Gasteiger partial charge in [0, 0.05) is 10.2 Å². The second kappa shape index (κ2) is 6.21. The van der Waals surface area contributed by atoms with Crippen molar-refractivity contribution in [1.82, 2.24) is 15.2 Å². The van der Waals surface area contributed by atoms with Crippen LogP contribution in [0.4, 0.5) is 5.69 Å². The maximum absolute atomic E-state index is 11.9. The summed E-state index contributed by atoms with van der Waals surface area (Å²) in [5.41, 5.74) is 3.02. The molecule has 1 heterocycles. The molecule has 100 valence electrons. The smallest absolute Gasteiger partial charge is 0.234 e. The fraction of sp³-hybridized carbons (Fsp3) is 0.250. The summed E-state index contributed by atoms with van der Waals surface area (Å²) in [6.45, 7) is 4.00. The Bertz CT molecular complexity index is 586. The van der Waals surface area contributed by atoms with Crippen LogP contribution in [-0.4, -0.2) is 26.8 Å². The van der Waals surface area contributed by atoms with Crippen LogP contribution in [0.25, 0.3) is 0 Å². The first-order valence-corrected chi connectivity index (χ1v) is 7.39. The number of aromatic nitrogens is 3. The zero-order valence-corrected chi connectivity index (χ0v) is 12.9. The van der Waals surface area contributed by atoms with Crippen molar-refractivity contribution in [2.24, 2.45) is 0 Å². The quantitative estimate of drug-likeness (QED) is 0.839. The molecule has 1 aromatic carbocycles. The van der Waals surface area contributed by atoms with Gasteiger partial charge in [-0.1, -0.05) is 27.7 Å². The van der Waals surface area contributed by atoms with Crippen LogP contribution in [0.15, 0.2) is 28.1 Å². The highest BCUT2D eigenvalue weighted by Gasteiger charge is 2.09. The number of amides is 1. The third-order valence-electron chi connectivity index (χ3n) is 2.73. The van der Waals surface area contributed by atoms with Crippen LogP contribution < -0.4 is 5.32 Å². The van der Waals surface area contributed by atoms with Gasteiger partial charge in [-0.2, -0.15) is 5.10 Å². The van der Waals surface area contributed by atoms with E-state index in [1.807, 2.05) is 26.0 Å². The number of H-pyrrole nitrogens is 1. The Balaban J connectivity index is 1.97. The number of hydrogen-bond donors (Lipinski definition) is 2. The number of carbonyl (C=O) groups is 1. The van der Waals surface area contributed by atoms with E-state index in [0.717, 1.165) is 21.3 Å². The van der Waals surface area contributed by atoms with Gasteiger partial charge in [-0.05, 0) is 37.1 Å². The first kappa shape index (κ1) is 14.1. The van der Waals surface area contributed by atoms with Crippen LogP contribution in [0.1, 0.15) is 11.1 Å². The normalized spacial score (nSPS) is 10.5. The molecule has 0 saturated heterocycles. The van der Waals surface area contributed by atoms with Gasteiger partial charge in [0.25, 0.3) is 0 Å². The predicted octanol–water partition coefficient (Wildman–Crippen LogP) is 2.91. The minimum absolute atomic E-state index is 0.0637. The maximum atomic E-state index is 11.9. The van der Waals surface area contributed by atoms with Gasteiger partial charge in [-0.25, -0.2) is 4.98 Å². The van der Waals surface area contributed by atoms with Crippen LogP contribution in [0, 0.1) is 13.8 Å². The molecule has 2 rings (SSSR count). The van der Waals surface area contributed by atoms with Crippen LogP contribution in [0.2, 0.25) is 0 Å². The van der Waals surface area contributed by atoms with Crippen LogP contribution in [0.5, 0.6) is 0 Å². The van der Waals surface area contributed by atoms with E-state index >= 15 is 0 Å². The van der Waals surface area contributed by atoms with E-state index < -0.39 is 0 Å². The summed E-state index contributed by atoms with van der Waals surface area (Å²) in [4.78, 5) is 15.8. The molecular weight excluding hydrogens is 328 g/mol. The first-order chi connectivity index (χ1) is 9.08. The Morgan fingerprint density at radius 1 is 1.42 bits per heavy atom. The third-order valence-corrected chi connectivity index (χ3v) is 4.46. The molecule has 0 fully saturated rings. The Morgan fingerprint density at radius 3 is 2.89 bits per heavy atom. The van der Waals surface area contributed by atoms with E-state index in [2.05, 4.69) is 36.4 Å². The first-order valence-electron chi connectivity index (χ1n) is 5.61. The van der Waals surface area contributed by atoms with Gasteiger partial charge in [0.15, 0.2) is 5.16 Å². The molecule has 5 nitrogen and oxygen atoms in total. The Labute approximate surface area is 123 Å². The van der Waals surface area contributed by atoms with Gasteiger partial charge in [-0.3, -0.25) is 9.89 Å². The average molecular weight is 341 g/mol. The highest BCUT2D eigenvalue weighted by atomic mass is 79.9. The fourth-order valence-corrected chi connectivity index (χ4v) is 2.52. The summed E-state index contributed by atoms with van der Waals surface area (Å²) in [6.07, 6.45) is 1.42. The van der Waals surface area contributed by atoms with Crippen molar-refractivity contribution in [3.63, 3.8) is 0 Å². The molecule has 0 spiro atoms. The van der Waals surface area contributed by atoms with Crippen molar-refractivity contribution in [1.29, 1.82) is 0 Å². The molecule has 1 amide bonds. The lowest BCUT2D eigenvalue weighted by atomic mass is 10.1. The minimum Gasteiger partial charge on any atom is -0.325 e. The van der Waals surface area contributed by atoms with Crippen molar-refractivity contribution >= 4 is 39.3 Å². The molecule has 0 atom stereocenters. The van der Waals surface area contributed by atoms with Crippen molar-refractivity contribution in [3.05, 3.63) is 34.1 Å². The predicted molar refractivity (Wildman–Crippen MR) is 79.4 cm³/mol. The van der Waals surface area contributed by atoms with E-state index in [-0.39, 0.29) is 5.91 Å². The van der Waals surface area contributed by atoms with Gasteiger partial charge in [0.1, 0.15) is 6.33 Å². The third kappa shape index (κ3) is 3.57. The molecule has 2 aromatic rings. The average Bonchev–Trinajstić information content (AvgIpc) is 2.90. The van der Waals surface area contributed by atoms with Crippen molar-refractivity contribution < 1.29 is 4.79 Å². The summed E-state index contributed by atoms with van der Waals surface area (Å²) < 4.78 is 1.04. The van der Waals surface area contributed by atoms with E-state index in [1.54, 1.807) is 0 Å². The molecule has 0 aliphatic rings. The number of nitrogens with zero attached hydrogens (tertiary/aromatic N) is 2. The molecule has 0 aliphatic heterocycles. The summed E-state index contributed by atoms with van der Waals surface area (Å²) in [5.74, 6) is 0.232. The van der Waals surface area contributed by atoms with Gasteiger partial charge in [-0.15, -0.1) is 0 Å². The second-order valence-corrected chi connectivity index (χ2v) is 5.79. The number of halogens is 1. The van der Waals surface area contributed by atoms with E-state index in [1.165, 1.54) is 18.1 Å². The van der Waals surface area contributed by atoms with Crippen molar-refractivity contribution in [3.8, 4) is 0 Å². The molecule has 0 unspecified atom stereocenters. The largest absolute Gasteiger partial charge is 0.325 e.